The van der Waals surface area contributed by atoms with Crippen molar-refractivity contribution in [2.75, 3.05) is 13.2 Å². The highest BCUT2D eigenvalue weighted by atomic mass is 79.9. The molecule has 2 N–H and O–H groups in total. The molecule has 1 rings (SSSR count). The van der Waals surface area contributed by atoms with Gasteiger partial charge in [-0.3, -0.25) is 0 Å². The summed E-state index contributed by atoms with van der Waals surface area (Å²) in [5, 5.41) is 12.2. The first-order valence-corrected chi connectivity index (χ1v) is 5.77. The van der Waals surface area contributed by atoms with Gasteiger partial charge in [0.1, 0.15) is 5.82 Å². The summed E-state index contributed by atoms with van der Waals surface area (Å²) < 4.78 is 13.6. The highest BCUT2D eigenvalue weighted by Gasteiger charge is 2.13. The molecular weight excluding hydrogens is 261 g/mol. The van der Waals surface area contributed by atoms with Gasteiger partial charge in [0.05, 0.1) is 0 Å². The fourth-order valence-electron chi connectivity index (χ4n) is 1.53. The van der Waals surface area contributed by atoms with Crippen molar-refractivity contribution in [1.29, 1.82) is 0 Å². The van der Waals surface area contributed by atoms with Gasteiger partial charge in [-0.2, -0.15) is 0 Å². The zero-order chi connectivity index (χ0) is 11.3. The Kier molecular flexibility index (Phi) is 5.22. The van der Waals surface area contributed by atoms with Gasteiger partial charge in [0.25, 0.3) is 0 Å². The Morgan fingerprint density at radius 3 is 2.80 bits per heavy atom. The standard InChI is InChI=1S/C11H15BrFNO/c1-2-14-11(5-6-15)9-4-3-8(13)7-10(9)12/h3-4,7,11,14-15H,2,5-6H2,1H3. The number of hydrogen-bond donors (Lipinski definition) is 2. The molecule has 0 aliphatic carbocycles. The van der Waals surface area contributed by atoms with Crippen molar-refractivity contribution in [2.45, 2.75) is 19.4 Å². The van der Waals surface area contributed by atoms with Gasteiger partial charge >= 0.3 is 0 Å². The molecule has 1 atom stereocenters. The number of hydrogen-bond acceptors (Lipinski definition) is 2. The van der Waals surface area contributed by atoms with E-state index in [1.807, 2.05) is 6.92 Å². The van der Waals surface area contributed by atoms with E-state index < -0.39 is 0 Å². The zero-order valence-corrected chi connectivity index (χ0v) is 10.2. The van der Waals surface area contributed by atoms with Crippen LogP contribution in [0.5, 0.6) is 0 Å². The van der Waals surface area contributed by atoms with Crippen LogP contribution in [0.4, 0.5) is 4.39 Å². The maximum atomic E-state index is 12.9. The molecule has 0 saturated heterocycles. The molecule has 0 heterocycles. The molecule has 0 spiro atoms. The molecule has 0 fully saturated rings. The summed E-state index contributed by atoms with van der Waals surface area (Å²) in [7, 11) is 0. The third kappa shape index (κ3) is 3.55. The second-order valence-corrected chi connectivity index (χ2v) is 4.14. The van der Waals surface area contributed by atoms with Crippen LogP contribution < -0.4 is 5.32 Å². The first-order chi connectivity index (χ1) is 7.19. The van der Waals surface area contributed by atoms with Crippen LogP contribution in [0.1, 0.15) is 24.9 Å². The normalized spacial score (nSPS) is 12.8. The van der Waals surface area contributed by atoms with Crippen molar-refractivity contribution >= 4 is 15.9 Å². The average Bonchev–Trinajstić information content (AvgIpc) is 2.17. The molecule has 1 aromatic carbocycles. The quantitative estimate of drug-likeness (QED) is 0.866. The van der Waals surface area contributed by atoms with Crippen LogP contribution in [0.25, 0.3) is 0 Å². The summed E-state index contributed by atoms with van der Waals surface area (Å²) in [5.74, 6) is -0.259. The van der Waals surface area contributed by atoms with Crippen molar-refractivity contribution in [3.05, 3.63) is 34.1 Å². The lowest BCUT2D eigenvalue weighted by Crippen LogP contribution is -2.22. The van der Waals surface area contributed by atoms with Crippen LogP contribution in [0, 0.1) is 5.82 Å². The minimum Gasteiger partial charge on any atom is -0.396 e. The van der Waals surface area contributed by atoms with Gasteiger partial charge in [0.2, 0.25) is 0 Å². The van der Waals surface area contributed by atoms with Gasteiger partial charge in [0.15, 0.2) is 0 Å². The summed E-state index contributed by atoms with van der Waals surface area (Å²) in [6.45, 7) is 2.93. The monoisotopic (exact) mass is 275 g/mol. The van der Waals surface area contributed by atoms with E-state index in [9.17, 15) is 4.39 Å². The molecule has 0 radical (unpaired) electrons. The van der Waals surface area contributed by atoms with Gasteiger partial charge in [-0.05, 0) is 30.7 Å². The predicted octanol–water partition coefficient (Wildman–Crippen LogP) is 2.62. The molecule has 0 aliphatic heterocycles. The molecule has 1 unspecified atom stereocenters. The van der Waals surface area contributed by atoms with Crippen molar-refractivity contribution < 1.29 is 9.50 Å². The van der Waals surface area contributed by atoms with Crippen molar-refractivity contribution in [2.24, 2.45) is 0 Å². The second kappa shape index (κ2) is 6.20. The first kappa shape index (κ1) is 12.6. The lowest BCUT2D eigenvalue weighted by molar-refractivity contribution is 0.266. The van der Waals surface area contributed by atoms with Crippen LogP contribution in [0.3, 0.4) is 0 Å². The summed E-state index contributed by atoms with van der Waals surface area (Å²) in [6, 6.07) is 4.68. The number of aliphatic hydroxyl groups is 1. The Morgan fingerprint density at radius 1 is 1.53 bits per heavy atom. The number of rotatable bonds is 5. The highest BCUT2D eigenvalue weighted by Crippen LogP contribution is 2.26. The molecule has 4 heteroatoms. The molecule has 84 valence electrons. The lowest BCUT2D eigenvalue weighted by atomic mass is 10.0. The number of benzene rings is 1. The first-order valence-electron chi connectivity index (χ1n) is 4.98. The van der Waals surface area contributed by atoms with Crippen LogP contribution in [0.15, 0.2) is 22.7 Å². The predicted molar refractivity (Wildman–Crippen MR) is 62.2 cm³/mol. The van der Waals surface area contributed by atoms with Crippen molar-refractivity contribution in [3.8, 4) is 0 Å². The zero-order valence-electron chi connectivity index (χ0n) is 8.63. The molecule has 15 heavy (non-hydrogen) atoms. The topological polar surface area (TPSA) is 32.3 Å². The molecule has 0 amide bonds. The molecule has 2 nitrogen and oxygen atoms in total. The Balaban J connectivity index is 2.89. The van der Waals surface area contributed by atoms with E-state index in [4.69, 9.17) is 5.11 Å². The van der Waals surface area contributed by atoms with Crippen molar-refractivity contribution in [3.63, 3.8) is 0 Å². The van der Waals surface area contributed by atoms with Gasteiger partial charge in [-0.25, -0.2) is 4.39 Å². The Hall–Kier alpha value is -0.450. The molecule has 0 aliphatic rings. The summed E-state index contributed by atoms with van der Waals surface area (Å²) >= 11 is 3.33. The molecule has 0 bridgehead atoms. The smallest absolute Gasteiger partial charge is 0.124 e. The average molecular weight is 276 g/mol. The second-order valence-electron chi connectivity index (χ2n) is 3.29. The van der Waals surface area contributed by atoms with Gasteiger partial charge in [-0.1, -0.05) is 28.9 Å². The highest BCUT2D eigenvalue weighted by molar-refractivity contribution is 9.10. The van der Waals surface area contributed by atoms with E-state index in [1.165, 1.54) is 12.1 Å². The minimum absolute atomic E-state index is 0.0648. The van der Waals surface area contributed by atoms with Crippen LogP contribution >= 0.6 is 15.9 Å². The molecular formula is C11H15BrFNO. The Labute approximate surface area is 97.6 Å². The Bertz CT molecular complexity index is 313. The fraction of sp³-hybridized carbons (Fsp3) is 0.455. The summed E-state index contributed by atoms with van der Waals surface area (Å²) in [5.41, 5.74) is 0.979. The summed E-state index contributed by atoms with van der Waals surface area (Å²) in [4.78, 5) is 0. The van der Waals surface area contributed by atoms with Crippen LogP contribution in [0.2, 0.25) is 0 Å². The van der Waals surface area contributed by atoms with Crippen LogP contribution in [-0.2, 0) is 0 Å². The third-order valence-electron chi connectivity index (χ3n) is 2.21. The third-order valence-corrected chi connectivity index (χ3v) is 2.89. The van der Waals surface area contributed by atoms with Gasteiger partial charge in [-0.15, -0.1) is 0 Å². The van der Waals surface area contributed by atoms with E-state index in [1.54, 1.807) is 6.07 Å². The molecule has 0 saturated carbocycles. The van der Waals surface area contributed by atoms with Gasteiger partial charge < -0.3 is 10.4 Å². The fourth-order valence-corrected chi connectivity index (χ4v) is 2.15. The van der Waals surface area contributed by atoms with Crippen LogP contribution in [-0.4, -0.2) is 18.3 Å². The largest absolute Gasteiger partial charge is 0.396 e. The minimum atomic E-state index is -0.259. The summed E-state index contributed by atoms with van der Waals surface area (Å²) in [6.07, 6.45) is 0.623. The van der Waals surface area contributed by atoms with Crippen molar-refractivity contribution in [1.82, 2.24) is 5.32 Å². The maximum absolute atomic E-state index is 12.9. The number of halogens is 2. The maximum Gasteiger partial charge on any atom is 0.124 e. The van der Waals surface area contributed by atoms with E-state index in [-0.39, 0.29) is 18.5 Å². The van der Waals surface area contributed by atoms with E-state index in [0.717, 1.165) is 16.6 Å². The van der Waals surface area contributed by atoms with E-state index in [2.05, 4.69) is 21.2 Å². The SMILES string of the molecule is CCNC(CCO)c1ccc(F)cc1Br. The van der Waals surface area contributed by atoms with Gasteiger partial charge in [0, 0.05) is 17.1 Å². The Morgan fingerprint density at radius 2 is 2.27 bits per heavy atom. The molecule has 0 aromatic heterocycles. The number of nitrogens with one attached hydrogen (secondary N) is 1. The molecule has 1 aromatic rings. The lowest BCUT2D eigenvalue weighted by Gasteiger charge is -2.18. The number of aliphatic hydroxyl groups excluding tert-OH is 1. The van der Waals surface area contributed by atoms with E-state index >= 15 is 0 Å². The van der Waals surface area contributed by atoms with E-state index in [0.29, 0.717) is 6.42 Å².